The molecule has 4 rings (SSSR count). The molecule has 0 aliphatic carbocycles. The fourth-order valence-electron chi connectivity index (χ4n) is 3.72. The van der Waals surface area contributed by atoms with Crippen LogP contribution in [0.5, 0.6) is 0 Å². The molecule has 0 fully saturated rings. The summed E-state index contributed by atoms with van der Waals surface area (Å²) in [5, 5.41) is 13.8. The van der Waals surface area contributed by atoms with Gasteiger partial charge in [0.25, 0.3) is 11.5 Å². The van der Waals surface area contributed by atoms with Crippen molar-refractivity contribution in [3.63, 3.8) is 0 Å². The lowest BCUT2D eigenvalue weighted by Crippen LogP contribution is -2.29. The maximum absolute atomic E-state index is 13.1. The van der Waals surface area contributed by atoms with Gasteiger partial charge in [0.05, 0.1) is 23.5 Å². The molecule has 1 unspecified atom stereocenters. The molecule has 0 saturated heterocycles. The summed E-state index contributed by atoms with van der Waals surface area (Å²) in [7, 11) is 0. The molecule has 1 atom stereocenters. The predicted molar refractivity (Wildman–Crippen MR) is 123 cm³/mol. The Morgan fingerprint density at radius 1 is 1.03 bits per heavy atom. The SMILES string of the molecule is Cc1c(C(=O)NC(CCCc2ccccc2)c2ccccc2)cnn1-c1ccc(=O)[nH]n1. The number of aromatic amines is 1. The second-order valence-corrected chi connectivity index (χ2v) is 7.65. The van der Waals surface area contributed by atoms with Gasteiger partial charge in [0.1, 0.15) is 0 Å². The van der Waals surface area contributed by atoms with Crippen LogP contribution in [-0.2, 0) is 6.42 Å². The fraction of sp³-hybridized carbons (Fsp3) is 0.200. The van der Waals surface area contributed by atoms with Crippen molar-refractivity contribution in [3.05, 3.63) is 112 Å². The van der Waals surface area contributed by atoms with Crippen molar-refractivity contribution in [1.29, 1.82) is 0 Å². The van der Waals surface area contributed by atoms with Crippen molar-refractivity contribution < 1.29 is 4.79 Å². The van der Waals surface area contributed by atoms with E-state index in [0.29, 0.717) is 17.1 Å². The highest BCUT2D eigenvalue weighted by Gasteiger charge is 2.20. The van der Waals surface area contributed by atoms with E-state index in [4.69, 9.17) is 0 Å². The quantitative estimate of drug-likeness (QED) is 0.448. The summed E-state index contributed by atoms with van der Waals surface area (Å²) >= 11 is 0. The minimum Gasteiger partial charge on any atom is -0.345 e. The van der Waals surface area contributed by atoms with Crippen molar-refractivity contribution in [2.75, 3.05) is 0 Å². The highest BCUT2D eigenvalue weighted by Crippen LogP contribution is 2.21. The number of amides is 1. The van der Waals surface area contributed by atoms with Gasteiger partial charge in [-0.3, -0.25) is 9.59 Å². The highest BCUT2D eigenvalue weighted by molar-refractivity contribution is 5.95. The molecule has 0 aliphatic rings. The lowest BCUT2D eigenvalue weighted by molar-refractivity contribution is 0.0933. The predicted octanol–water partition coefficient (Wildman–Crippen LogP) is 3.76. The molecule has 32 heavy (non-hydrogen) atoms. The van der Waals surface area contributed by atoms with Gasteiger partial charge in [0.2, 0.25) is 0 Å². The summed E-state index contributed by atoms with van der Waals surface area (Å²) in [6.07, 6.45) is 4.25. The Labute approximate surface area is 186 Å². The van der Waals surface area contributed by atoms with Gasteiger partial charge in [0, 0.05) is 6.07 Å². The molecule has 0 aliphatic heterocycles. The number of benzene rings is 2. The Bertz CT molecular complexity index is 1210. The van der Waals surface area contributed by atoms with Crippen molar-refractivity contribution in [3.8, 4) is 5.82 Å². The number of rotatable bonds is 8. The average Bonchev–Trinajstić information content (AvgIpc) is 3.21. The smallest absolute Gasteiger partial charge is 0.264 e. The maximum atomic E-state index is 13.1. The number of carbonyl (C=O) groups is 1. The van der Waals surface area contributed by atoms with E-state index in [9.17, 15) is 9.59 Å². The van der Waals surface area contributed by atoms with Crippen LogP contribution >= 0.6 is 0 Å². The monoisotopic (exact) mass is 427 g/mol. The first-order chi connectivity index (χ1) is 15.6. The normalized spacial score (nSPS) is 11.8. The molecular weight excluding hydrogens is 402 g/mol. The number of H-pyrrole nitrogens is 1. The summed E-state index contributed by atoms with van der Waals surface area (Å²) in [5.74, 6) is 0.260. The van der Waals surface area contributed by atoms with E-state index >= 15 is 0 Å². The summed E-state index contributed by atoms with van der Waals surface area (Å²) in [6, 6.07) is 23.2. The molecule has 2 heterocycles. The van der Waals surface area contributed by atoms with Crippen LogP contribution in [0.2, 0.25) is 0 Å². The van der Waals surface area contributed by atoms with Gasteiger partial charge in [-0.1, -0.05) is 60.7 Å². The first-order valence-electron chi connectivity index (χ1n) is 10.6. The van der Waals surface area contributed by atoms with E-state index in [0.717, 1.165) is 24.8 Å². The second kappa shape index (κ2) is 9.87. The van der Waals surface area contributed by atoms with E-state index in [1.54, 1.807) is 6.07 Å². The minimum absolute atomic E-state index is 0.110. The van der Waals surface area contributed by atoms with Gasteiger partial charge in [-0.05, 0) is 43.4 Å². The molecule has 0 spiro atoms. The number of aryl methyl sites for hydroxylation is 1. The van der Waals surface area contributed by atoms with Crippen LogP contribution in [0.25, 0.3) is 5.82 Å². The van der Waals surface area contributed by atoms with E-state index < -0.39 is 0 Å². The maximum Gasteiger partial charge on any atom is 0.264 e. The first-order valence-corrected chi connectivity index (χ1v) is 10.6. The molecule has 0 radical (unpaired) electrons. The second-order valence-electron chi connectivity index (χ2n) is 7.65. The van der Waals surface area contributed by atoms with Crippen LogP contribution in [0.4, 0.5) is 0 Å². The molecule has 7 nitrogen and oxygen atoms in total. The van der Waals surface area contributed by atoms with E-state index in [2.05, 4.69) is 32.7 Å². The molecule has 4 aromatic rings. The van der Waals surface area contributed by atoms with Crippen molar-refractivity contribution in [2.45, 2.75) is 32.2 Å². The first kappa shape index (κ1) is 21.2. The van der Waals surface area contributed by atoms with E-state index in [1.165, 1.54) is 22.5 Å². The van der Waals surface area contributed by atoms with Crippen LogP contribution < -0.4 is 10.9 Å². The summed E-state index contributed by atoms with van der Waals surface area (Å²) in [4.78, 5) is 24.4. The topological polar surface area (TPSA) is 92.7 Å². The third-order valence-electron chi connectivity index (χ3n) is 5.44. The third kappa shape index (κ3) is 5.00. The number of hydrogen-bond donors (Lipinski definition) is 2. The lowest BCUT2D eigenvalue weighted by Gasteiger charge is -2.19. The molecular formula is C25H25N5O2. The summed E-state index contributed by atoms with van der Waals surface area (Å²) < 4.78 is 1.54. The van der Waals surface area contributed by atoms with Gasteiger partial charge < -0.3 is 5.32 Å². The summed E-state index contributed by atoms with van der Waals surface area (Å²) in [5.41, 5.74) is 3.19. The zero-order chi connectivity index (χ0) is 22.3. The fourth-order valence-corrected chi connectivity index (χ4v) is 3.72. The number of aromatic nitrogens is 4. The molecule has 2 aromatic heterocycles. The standard InChI is InChI=1S/C25H25N5O2/c1-18-21(17-26-30(18)23-15-16-24(31)29-28-23)25(32)27-22(20-12-6-3-7-13-20)14-8-11-19-9-4-2-5-10-19/h2-7,9-10,12-13,15-17,22H,8,11,14H2,1H3,(H,27,32)(H,29,31). The minimum atomic E-state index is -0.294. The Balaban J connectivity index is 1.50. The molecule has 2 N–H and O–H groups in total. The Hall–Kier alpha value is -4.00. The van der Waals surface area contributed by atoms with Crippen LogP contribution in [0.3, 0.4) is 0 Å². The molecule has 0 bridgehead atoms. The highest BCUT2D eigenvalue weighted by atomic mass is 16.1. The van der Waals surface area contributed by atoms with Gasteiger partial charge in [0.15, 0.2) is 5.82 Å². The van der Waals surface area contributed by atoms with Crippen molar-refractivity contribution >= 4 is 5.91 Å². The molecule has 0 saturated carbocycles. The Morgan fingerprint density at radius 3 is 2.44 bits per heavy atom. The number of nitrogens with zero attached hydrogens (tertiary/aromatic N) is 3. The summed E-state index contributed by atoms with van der Waals surface area (Å²) in [6.45, 7) is 1.81. The zero-order valence-electron chi connectivity index (χ0n) is 17.9. The van der Waals surface area contributed by atoms with Crippen molar-refractivity contribution in [1.82, 2.24) is 25.3 Å². The molecule has 7 heteroatoms. The Morgan fingerprint density at radius 2 is 1.75 bits per heavy atom. The Kier molecular flexibility index (Phi) is 6.55. The van der Waals surface area contributed by atoms with E-state index in [-0.39, 0.29) is 17.5 Å². The third-order valence-corrected chi connectivity index (χ3v) is 5.44. The van der Waals surface area contributed by atoms with E-state index in [1.807, 2.05) is 55.5 Å². The van der Waals surface area contributed by atoms with Crippen LogP contribution in [0.1, 0.15) is 46.1 Å². The number of hydrogen-bond acceptors (Lipinski definition) is 4. The van der Waals surface area contributed by atoms with Crippen molar-refractivity contribution in [2.24, 2.45) is 0 Å². The largest absolute Gasteiger partial charge is 0.345 e. The van der Waals surface area contributed by atoms with Crippen LogP contribution in [-0.4, -0.2) is 25.9 Å². The van der Waals surface area contributed by atoms with Crippen LogP contribution in [0.15, 0.2) is 83.8 Å². The zero-order valence-corrected chi connectivity index (χ0v) is 17.9. The van der Waals surface area contributed by atoms with Crippen LogP contribution in [0, 0.1) is 6.92 Å². The van der Waals surface area contributed by atoms with Gasteiger partial charge >= 0.3 is 0 Å². The molecule has 1 amide bonds. The molecule has 162 valence electrons. The molecule has 2 aromatic carbocycles. The van der Waals surface area contributed by atoms with Gasteiger partial charge in [-0.15, -0.1) is 0 Å². The number of nitrogens with one attached hydrogen (secondary N) is 2. The number of carbonyl (C=O) groups excluding carboxylic acids is 1. The van der Waals surface area contributed by atoms with Gasteiger partial charge in [-0.25, -0.2) is 9.78 Å². The van der Waals surface area contributed by atoms with Gasteiger partial charge in [-0.2, -0.15) is 10.2 Å². The average molecular weight is 428 g/mol. The lowest BCUT2D eigenvalue weighted by atomic mass is 9.98.